The molecule has 6 N–H and O–H groups in total. The van der Waals surface area contributed by atoms with E-state index in [4.69, 9.17) is 9.47 Å². The first-order valence-corrected chi connectivity index (χ1v) is 31.9. The molecule has 0 aromatic carbocycles. The molecule has 0 aromatic heterocycles. The lowest BCUT2D eigenvalue weighted by atomic mass is 9.99. The van der Waals surface area contributed by atoms with Crippen LogP contribution in [0.1, 0.15) is 219 Å². The predicted octanol–water partition coefficient (Wildman–Crippen LogP) is 17.0. The van der Waals surface area contributed by atoms with E-state index < -0.39 is 49.5 Å². The van der Waals surface area contributed by atoms with Gasteiger partial charge in [-0.3, -0.25) is 4.79 Å². The zero-order valence-corrected chi connectivity index (χ0v) is 50.7. The van der Waals surface area contributed by atoms with Gasteiger partial charge in [0.2, 0.25) is 5.91 Å². The lowest BCUT2D eigenvalue weighted by Gasteiger charge is -2.40. The Morgan fingerprint density at radius 2 is 0.778 bits per heavy atom. The summed E-state index contributed by atoms with van der Waals surface area (Å²) in [5, 5.41) is 54.5. The summed E-state index contributed by atoms with van der Waals surface area (Å²) < 4.78 is 11.2. The molecule has 0 bridgehead atoms. The zero-order valence-electron chi connectivity index (χ0n) is 50.7. The molecule has 7 atom stereocenters. The Hall–Kier alpha value is -4.45. The Morgan fingerprint density at radius 3 is 1.19 bits per heavy atom. The number of amides is 1. The molecule has 9 nitrogen and oxygen atoms in total. The summed E-state index contributed by atoms with van der Waals surface area (Å²) >= 11 is 0. The van der Waals surface area contributed by atoms with Crippen molar-refractivity contribution in [1.29, 1.82) is 0 Å². The minimum absolute atomic E-state index is 0.210. The van der Waals surface area contributed by atoms with E-state index >= 15 is 0 Å². The Labute approximate surface area is 494 Å². The second kappa shape index (κ2) is 58.7. The average Bonchev–Trinajstić information content (AvgIpc) is 3.49. The summed E-state index contributed by atoms with van der Waals surface area (Å²) in [5.74, 6) is -0.210. The monoisotopic (exact) mass is 1120 g/mol. The van der Waals surface area contributed by atoms with Gasteiger partial charge in [0.15, 0.2) is 6.29 Å². The van der Waals surface area contributed by atoms with Gasteiger partial charge in [-0.25, -0.2) is 0 Å². The summed E-state index contributed by atoms with van der Waals surface area (Å²) in [5.41, 5.74) is 0. The third kappa shape index (κ3) is 47.7. The predicted molar refractivity (Wildman–Crippen MR) is 345 cm³/mol. The number of rotatable bonds is 52. The number of aliphatic hydroxyl groups is 5. The lowest BCUT2D eigenvalue weighted by molar-refractivity contribution is -0.302. The molecule has 1 amide bonds. The van der Waals surface area contributed by atoms with Crippen molar-refractivity contribution in [3.05, 3.63) is 170 Å². The molecule has 0 radical (unpaired) electrons. The van der Waals surface area contributed by atoms with E-state index in [0.29, 0.717) is 6.42 Å². The van der Waals surface area contributed by atoms with Crippen molar-refractivity contribution < 1.29 is 39.8 Å². The quantitative estimate of drug-likeness (QED) is 0.0261. The highest BCUT2D eigenvalue weighted by Gasteiger charge is 2.44. The molecule has 0 saturated carbocycles. The Bertz CT molecular complexity index is 1880. The largest absolute Gasteiger partial charge is 0.394 e. The fraction of sp³-hybridized carbons (Fsp3) is 0.597. The van der Waals surface area contributed by atoms with Crippen LogP contribution < -0.4 is 5.32 Å². The molecule has 1 fully saturated rings. The van der Waals surface area contributed by atoms with Gasteiger partial charge in [0.05, 0.1) is 25.4 Å². The summed E-state index contributed by atoms with van der Waals surface area (Å²) in [4.78, 5) is 13.1. The Morgan fingerprint density at radius 1 is 0.432 bits per heavy atom. The topological polar surface area (TPSA) is 149 Å². The first kappa shape index (κ1) is 74.6. The van der Waals surface area contributed by atoms with Crippen molar-refractivity contribution in [3.8, 4) is 0 Å². The van der Waals surface area contributed by atoms with Crippen LogP contribution in [0.15, 0.2) is 170 Å². The maximum atomic E-state index is 13.1. The van der Waals surface area contributed by atoms with Gasteiger partial charge in [0.25, 0.3) is 0 Å². The number of allylic oxidation sites excluding steroid dienone is 27. The minimum atomic E-state index is -1.59. The van der Waals surface area contributed by atoms with E-state index in [1.165, 1.54) is 64.2 Å². The number of aliphatic hydroxyl groups excluding tert-OH is 5. The van der Waals surface area contributed by atoms with E-state index in [0.717, 1.165) is 135 Å². The highest BCUT2D eigenvalue weighted by Crippen LogP contribution is 2.23. The van der Waals surface area contributed by atoms with Gasteiger partial charge in [0.1, 0.15) is 24.4 Å². The van der Waals surface area contributed by atoms with Crippen LogP contribution in [0.25, 0.3) is 0 Å². The molecule has 7 unspecified atom stereocenters. The summed E-state index contributed by atoms with van der Waals surface area (Å²) in [6.07, 6.45) is 87.1. The molecule has 1 aliphatic rings. The molecule has 81 heavy (non-hydrogen) atoms. The van der Waals surface area contributed by atoms with Crippen LogP contribution in [0, 0.1) is 0 Å². The number of carbonyl (C=O) groups excluding carboxylic acids is 1. The van der Waals surface area contributed by atoms with Crippen molar-refractivity contribution in [2.24, 2.45) is 0 Å². The molecule has 1 aliphatic heterocycles. The molecule has 9 heteroatoms. The third-order valence-electron chi connectivity index (χ3n) is 13.8. The molecular formula is C72H115NO8. The number of hydrogen-bond acceptors (Lipinski definition) is 8. The van der Waals surface area contributed by atoms with Gasteiger partial charge < -0.3 is 40.3 Å². The first-order chi connectivity index (χ1) is 39.8. The summed E-state index contributed by atoms with van der Waals surface area (Å²) in [7, 11) is 0. The van der Waals surface area contributed by atoms with E-state index in [-0.39, 0.29) is 12.5 Å². The second-order valence-electron chi connectivity index (χ2n) is 21.1. The van der Waals surface area contributed by atoms with Gasteiger partial charge in [0, 0.05) is 6.42 Å². The van der Waals surface area contributed by atoms with E-state index in [2.05, 4.69) is 177 Å². The van der Waals surface area contributed by atoms with Crippen LogP contribution in [0.5, 0.6) is 0 Å². The van der Waals surface area contributed by atoms with Gasteiger partial charge in [-0.1, -0.05) is 255 Å². The van der Waals surface area contributed by atoms with Crippen molar-refractivity contribution in [1.82, 2.24) is 5.32 Å². The van der Waals surface area contributed by atoms with E-state index in [1.807, 2.05) is 6.08 Å². The normalized spacial score (nSPS) is 19.6. The highest BCUT2D eigenvalue weighted by atomic mass is 16.7. The molecule has 0 spiro atoms. The first-order valence-electron chi connectivity index (χ1n) is 31.9. The van der Waals surface area contributed by atoms with Crippen LogP contribution in [-0.4, -0.2) is 87.5 Å². The van der Waals surface area contributed by atoms with Crippen molar-refractivity contribution >= 4 is 5.91 Å². The number of ether oxygens (including phenoxy) is 2. The lowest BCUT2D eigenvalue weighted by Crippen LogP contribution is -2.60. The van der Waals surface area contributed by atoms with Crippen molar-refractivity contribution in [2.75, 3.05) is 13.2 Å². The smallest absolute Gasteiger partial charge is 0.220 e. The number of unbranched alkanes of at least 4 members (excludes halogenated alkanes) is 16. The Kier molecular flexibility index (Phi) is 54.1. The molecular weight excluding hydrogens is 1010 g/mol. The van der Waals surface area contributed by atoms with Crippen LogP contribution in [-0.2, 0) is 14.3 Å². The second-order valence-corrected chi connectivity index (χ2v) is 21.1. The number of carbonyl (C=O) groups is 1. The van der Waals surface area contributed by atoms with Crippen molar-refractivity contribution in [3.63, 3.8) is 0 Å². The molecule has 456 valence electrons. The van der Waals surface area contributed by atoms with E-state index in [1.54, 1.807) is 6.08 Å². The van der Waals surface area contributed by atoms with Crippen LogP contribution in [0.2, 0.25) is 0 Å². The van der Waals surface area contributed by atoms with E-state index in [9.17, 15) is 30.3 Å². The summed E-state index contributed by atoms with van der Waals surface area (Å²) in [6, 6.07) is -0.847. The molecule has 0 aliphatic carbocycles. The van der Waals surface area contributed by atoms with Crippen LogP contribution in [0.4, 0.5) is 0 Å². The molecule has 1 heterocycles. The molecule has 0 aromatic rings. The minimum Gasteiger partial charge on any atom is -0.394 e. The number of nitrogens with one attached hydrogen (secondary N) is 1. The fourth-order valence-corrected chi connectivity index (χ4v) is 8.78. The van der Waals surface area contributed by atoms with Crippen LogP contribution in [0.3, 0.4) is 0 Å². The van der Waals surface area contributed by atoms with Crippen LogP contribution >= 0.6 is 0 Å². The number of hydrogen-bond donors (Lipinski definition) is 6. The fourth-order valence-electron chi connectivity index (χ4n) is 8.78. The molecule has 1 saturated heterocycles. The summed E-state index contributed by atoms with van der Waals surface area (Å²) in [6.45, 7) is 3.61. The standard InChI is InChI=1S/C72H115NO8/c1-3-5-7-9-11-13-15-17-19-21-22-23-24-25-26-27-28-29-30-31-32-33-34-35-36-37-38-39-40-41-42-43-44-46-48-50-52-54-56-58-60-62-68(76)73-65(64-80-72-71(79)70(78)69(77)67(63-74)81-72)66(75)61-59-57-55-53-51-49-47-45-20-18-16-14-12-10-8-6-4-2/h5,7,11,13,17,19-20,22-23,25-26,28-29,31-32,34-35,37-38,40-41,43-45,51,53,59,61,65-67,69-72,74-75,77-79H,3-4,6,8-10,12,14-16,18,21,24,27,30,33,36,39,42,46-50,52,54-58,60,62-64H2,1-2H3,(H,73,76)/b7-5-,13-11-,19-17-,23-22-,26-25-,29-28-,32-31-,35-34-,38-37-,41-40-,44-43-,45-20+,53-51+,61-59+. The molecule has 1 rings (SSSR count). The van der Waals surface area contributed by atoms with Gasteiger partial charge in [-0.15, -0.1) is 0 Å². The highest BCUT2D eigenvalue weighted by molar-refractivity contribution is 5.76. The Balaban J connectivity index is 2.20. The zero-order chi connectivity index (χ0) is 58.6. The maximum Gasteiger partial charge on any atom is 0.220 e. The van der Waals surface area contributed by atoms with Gasteiger partial charge >= 0.3 is 0 Å². The van der Waals surface area contributed by atoms with Crippen molar-refractivity contribution in [2.45, 2.75) is 262 Å². The SMILES string of the molecule is CC/C=C\C/C=C\C/C=C\C/C=C\C/C=C\C/C=C\C/C=C\C/C=C\C/C=C\C/C=C\C/C=C\CCCCCCCCCC(=O)NC(COC1OC(CO)C(O)C(O)C1O)C(O)/C=C/CC/C=C/CC/C=C/CCCCCCCCC. The van der Waals surface area contributed by atoms with Gasteiger partial charge in [-0.05, 0) is 128 Å². The maximum absolute atomic E-state index is 13.1. The third-order valence-corrected chi connectivity index (χ3v) is 13.8. The van der Waals surface area contributed by atoms with Gasteiger partial charge in [-0.2, -0.15) is 0 Å². The average molecular weight is 1120 g/mol.